The number of nitrogens with one attached hydrogen (secondary N) is 6. The molecule has 0 aromatic rings. The van der Waals surface area contributed by atoms with E-state index in [1.807, 2.05) is 0 Å². The van der Waals surface area contributed by atoms with Crippen LogP contribution >= 0.6 is 0 Å². The smallest absolute Gasteiger partial charge is 0.243 e. The number of carboxylic acid groups (broad SMARTS) is 1. The summed E-state index contributed by atoms with van der Waals surface area (Å²) < 4.78 is 0. The van der Waals surface area contributed by atoms with Crippen molar-refractivity contribution in [3.63, 3.8) is 0 Å². The second-order valence-corrected chi connectivity index (χ2v) is 16.4. The van der Waals surface area contributed by atoms with Gasteiger partial charge in [0.05, 0.1) is 12.0 Å². The van der Waals surface area contributed by atoms with Crippen molar-refractivity contribution in [2.45, 2.75) is 159 Å². The van der Waals surface area contributed by atoms with Gasteiger partial charge in [0.1, 0.15) is 36.3 Å². The number of quaternary nitrogens is 1. The Kier molecular flexibility index (Phi) is 28.7. The van der Waals surface area contributed by atoms with Crippen LogP contribution in [0.4, 0.5) is 0 Å². The zero-order valence-corrected chi connectivity index (χ0v) is 37.5. The normalized spacial score (nSPS) is 16.7. The van der Waals surface area contributed by atoms with Crippen molar-refractivity contribution < 1.29 is 44.5 Å². The average molecular weight is 898 g/mol. The Labute approximate surface area is 371 Å². The van der Waals surface area contributed by atoms with Gasteiger partial charge in [0.2, 0.25) is 35.4 Å². The maximum atomic E-state index is 14.1. The SMILES string of the molecule is CC(C)[C@H](NC(=O)[C@H](CCCCN)NC(=O)[C@H](CCCN=C(N)N)NC(=O)[C@H](CCCCN)NC(=O)[C@H](CCCCN)NC(=O)[C@H](CCCCN)NC(=O)[C@@H]1CCCN1[NH3+])C(=O)[O-]. The quantitative estimate of drug-likeness (QED) is 0.0163. The molecule has 1 heterocycles. The molecule has 63 heavy (non-hydrogen) atoms. The van der Waals surface area contributed by atoms with Gasteiger partial charge in [-0.1, -0.05) is 13.8 Å². The minimum atomic E-state index is -1.49. The standard InChI is InChI=1S/C40H79N15O8/c1-25(2)32(39(62)63)54-37(60)29(16-6-10-22-44)51-36(59)30(17-11-23-48-40(45)46)52-34(57)27(14-4-8-20-42)49-33(56)26(13-3-7-19-41)50-35(58)28(15-5-9-21-43)53-38(61)31-18-12-24-55(31)47/h25-32H,3-24,41-44,47H2,1-2H3,(H,49,56)(H,50,58)(H,51,59)(H,52,57)(H,53,61)(H,54,60)(H,62,63)(H4,45,46,48)/t26-,27-,28-,29-,30-,31-,32-/m0/s1. The summed E-state index contributed by atoms with van der Waals surface area (Å²) in [6.45, 7) is 5.30. The maximum Gasteiger partial charge on any atom is 0.243 e. The number of carboxylic acids is 1. The molecule has 0 aromatic carbocycles. The number of carbonyl (C=O) groups excluding carboxylic acids is 7. The number of hydrogen-bond acceptors (Lipinski definition) is 14. The van der Waals surface area contributed by atoms with Crippen molar-refractivity contribution in [1.82, 2.24) is 36.9 Å². The molecule has 0 unspecified atom stereocenters. The Balaban J connectivity index is 3.44. The molecule has 0 saturated carbocycles. The van der Waals surface area contributed by atoms with Crippen LogP contribution in [0.3, 0.4) is 0 Å². The molecule has 0 radical (unpaired) electrons. The van der Waals surface area contributed by atoms with Crippen LogP contribution in [0.15, 0.2) is 4.99 Å². The van der Waals surface area contributed by atoms with Crippen molar-refractivity contribution in [3.8, 4) is 0 Å². The van der Waals surface area contributed by atoms with Crippen molar-refractivity contribution in [3.05, 3.63) is 0 Å². The number of hydrogen-bond donors (Lipinski definition) is 13. The minimum Gasteiger partial charge on any atom is -0.548 e. The number of nitrogens with two attached hydrogens (primary N) is 6. The Hall–Kier alpha value is -4.68. The summed E-state index contributed by atoms with van der Waals surface area (Å²) in [5, 5.41) is 29.7. The van der Waals surface area contributed by atoms with E-state index in [0.717, 1.165) is 6.42 Å². The molecule has 21 N–H and O–H groups in total. The Bertz CT molecular complexity index is 1450. The molecule has 0 bridgehead atoms. The van der Waals surface area contributed by atoms with Gasteiger partial charge in [-0.05, 0) is 135 Å². The highest BCUT2D eigenvalue weighted by Crippen LogP contribution is 2.14. The Morgan fingerprint density at radius 2 is 0.937 bits per heavy atom. The Morgan fingerprint density at radius 1 is 0.587 bits per heavy atom. The topological polar surface area (TPSA) is 414 Å². The lowest BCUT2D eigenvalue weighted by atomic mass is 10.0. The fourth-order valence-electron chi connectivity index (χ4n) is 7.05. The van der Waals surface area contributed by atoms with Crippen LogP contribution in [0.2, 0.25) is 0 Å². The maximum absolute atomic E-state index is 14.1. The number of aliphatic imine (C=N–C) groups is 1. The number of nitrogens with zero attached hydrogens (tertiary/aromatic N) is 2. The van der Waals surface area contributed by atoms with Crippen LogP contribution in [0, 0.1) is 5.92 Å². The lowest BCUT2D eigenvalue weighted by Gasteiger charge is -2.29. The molecule has 0 aliphatic carbocycles. The van der Waals surface area contributed by atoms with Gasteiger partial charge in [0.15, 0.2) is 5.96 Å². The van der Waals surface area contributed by atoms with Crippen LogP contribution < -0.4 is 77.3 Å². The highest BCUT2D eigenvalue weighted by Gasteiger charge is 2.36. The molecule has 1 aliphatic rings. The summed E-state index contributed by atoms with van der Waals surface area (Å²) in [5.74, 6) is -2.08. The van der Waals surface area contributed by atoms with E-state index >= 15 is 0 Å². The lowest BCUT2D eigenvalue weighted by Crippen LogP contribution is -2.71. The number of amides is 6. The van der Waals surface area contributed by atoms with E-state index in [1.54, 1.807) is 18.9 Å². The van der Waals surface area contributed by atoms with Gasteiger partial charge in [-0.15, -0.1) is 5.01 Å². The van der Waals surface area contributed by atoms with Gasteiger partial charge < -0.3 is 76.2 Å². The number of rotatable bonds is 34. The van der Waals surface area contributed by atoms with Crippen LogP contribution in [-0.2, 0) is 33.6 Å². The molecule has 0 spiro atoms. The monoisotopic (exact) mass is 898 g/mol. The third-order valence-corrected chi connectivity index (χ3v) is 10.8. The van der Waals surface area contributed by atoms with Gasteiger partial charge in [-0.25, -0.2) is 0 Å². The molecule has 1 rings (SSSR count). The van der Waals surface area contributed by atoms with E-state index in [9.17, 15) is 38.7 Å². The summed E-state index contributed by atoms with van der Waals surface area (Å²) in [7, 11) is 0. The molecular weight excluding hydrogens is 819 g/mol. The van der Waals surface area contributed by atoms with E-state index in [2.05, 4.69) is 42.7 Å². The highest BCUT2D eigenvalue weighted by molar-refractivity contribution is 5.97. The summed E-state index contributed by atoms with van der Waals surface area (Å²) in [5.41, 5.74) is 33.9. The molecule has 362 valence electrons. The first-order valence-electron chi connectivity index (χ1n) is 22.5. The predicted molar refractivity (Wildman–Crippen MR) is 236 cm³/mol. The zero-order valence-electron chi connectivity index (χ0n) is 37.5. The van der Waals surface area contributed by atoms with E-state index in [4.69, 9.17) is 34.4 Å². The third-order valence-electron chi connectivity index (χ3n) is 10.8. The van der Waals surface area contributed by atoms with Crippen LogP contribution in [0.1, 0.15) is 117 Å². The minimum absolute atomic E-state index is 0.00434. The van der Waals surface area contributed by atoms with Crippen LogP contribution in [0.5, 0.6) is 0 Å². The van der Waals surface area contributed by atoms with E-state index < -0.39 is 83.7 Å². The van der Waals surface area contributed by atoms with Crippen molar-refractivity contribution in [1.29, 1.82) is 0 Å². The summed E-state index contributed by atoms with van der Waals surface area (Å²) in [6, 6.07) is -7.58. The zero-order chi connectivity index (χ0) is 47.3. The molecule has 1 fully saturated rings. The summed E-state index contributed by atoms with van der Waals surface area (Å²) in [4.78, 5) is 98.5. The third kappa shape index (κ3) is 22.5. The number of aliphatic carboxylic acids is 1. The largest absolute Gasteiger partial charge is 0.548 e. The second-order valence-electron chi connectivity index (χ2n) is 16.4. The van der Waals surface area contributed by atoms with E-state index in [-0.39, 0.29) is 56.9 Å². The highest BCUT2D eigenvalue weighted by atomic mass is 16.4. The fourth-order valence-corrected chi connectivity index (χ4v) is 7.05. The predicted octanol–water partition coefficient (Wildman–Crippen LogP) is -5.51. The first-order chi connectivity index (χ1) is 30.0. The van der Waals surface area contributed by atoms with Gasteiger partial charge >= 0.3 is 0 Å². The van der Waals surface area contributed by atoms with Gasteiger partial charge in [-0.3, -0.25) is 39.6 Å². The fraction of sp³-hybridized carbons (Fsp3) is 0.800. The first kappa shape index (κ1) is 56.3. The molecule has 23 heteroatoms. The molecule has 0 aromatic heterocycles. The summed E-state index contributed by atoms with van der Waals surface area (Å²) in [6.07, 6.45) is 6.30. The molecular formula is C40H79N15O8. The van der Waals surface area contributed by atoms with Crippen LogP contribution in [-0.4, -0.2) is 134 Å². The molecule has 1 aliphatic heterocycles. The number of carbonyl (C=O) groups is 7. The molecule has 6 amide bonds. The van der Waals surface area contributed by atoms with Crippen molar-refractivity contribution in [2.24, 2.45) is 45.3 Å². The van der Waals surface area contributed by atoms with Crippen LogP contribution in [0.25, 0.3) is 0 Å². The van der Waals surface area contributed by atoms with Gasteiger partial charge in [-0.2, -0.15) is 0 Å². The van der Waals surface area contributed by atoms with Gasteiger partial charge in [0.25, 0.3) is 0 Å². The number of guanidine groups is 1. The van der Waals surface area contributed by atoms with E-state index in [1.165, 1.54) is 0 Å². The second kappa shape index (κ2) is 32.0. The summed E-state index contributed by atoms with van der Waals surface area (Å²) >= 11 is 0. The van der Waals surface area contributed by atoms with E-state index in [0.29, 0.717) is 90.5 Å². The van der Waals surface area contributed by atoms with Crippen molar-refractivity contribution >= 4 is 47.4 Å². The molecule has 7 atom stereocenters. The first-order valence-corrected chi connectivity index (χ1v) is 22.5. The Morgan fingerprint density at radius 3 is 1.24 bits per heavy atom. The lowest BCUT2D eigenvalue weighted by molar-refractivity contribution is -0.575. The molecule has 1 saturated heterocycles. The molecule has 23 nitrogen and oxygen atoms in total. The average Bonchev–Trinajstić information content (AvgIpc) is 3.67. The van der Waals surface area contributed by atoms with Crippen molar-refractivity contribution in [2.75, 3.05) is 39.3 Å². The van der Waals surface area contributed by atoms with Gasteiger partial charge in [0, 0.05) is 13.1 Å². The number of unbranched alkanes of at least 4 members (excludes halogenated alkanes) is 4.